The van der Waals surface area contributed by atoms with Crippen LogP contribution in [0.2, 0.25) is 0 Å². The van der Waals surface area contributed by atoms with Gasteiger partial charge in [0, 0.05) is 38.8 Å². The van der Waals surface area contributed by atoms with Crippen LogP contribution in [0.15, 0.2) is 27.8 Å². The number of furan rings is 1. The summed E-state index contributed by atoms with van der Waals surface area (Å²) in [4.78, 5) is 7.37. The summed E-state index contributed by atoms with van der Waals surface area (Å²) in [6.45, 7) is 12.9. The maximum Gasteiger partial charge on any atom is 0.191 e. The van der Waals surface area contributed by atoms with Gasteiger partial charge in [-0.2, -0.15) is 0 Å². The van der Waals surface area contributed by atoms with E-state index in [1.807, 2.05) is 12.1 Å². The smallest absolute Gasteiger partial charge is 0.191 e. The Hall–Kier alpha value is -0.800. The fourth-order valence-corrected chi connectivity index (χ4v) is 3.23. The zero-order chi connectivity index (χ0) is 18.6. The summed E-state index contributed by atoms with van der Waals surface area (Å²) in [5.41, 5.74) is 0. The molecule has 1 aromatic heterocycles. The van der Waals surface area contributed by atoms with Crippen LogP contribution in [0.3, 0.4) is 0 Å². The largest absolute Gasteiger partial charge is 0.467 e. The molecule has 1 aliphatic heterocycles. The summed E-state index contributed by atoms with van der Waals surface area (Å²) >= 11 is 0. The summed E-state index contributed by atoms with van der Waals surface area (Å²) in [6.07, 6.45) is 5.18. The lowest BCUT2D eigenvalue weighted by molar-refractivity contribution is 0.105. The van der Waals surface area contributed by atoms with Crippen LogP contribution in [0.25, 0.3) is 0 Å². The Morgan fingerprint density at radius 2 is 2.26 bits per heavy atom. The van der Waals surface area contributed by atoms with Gasteiger partial charge < -0.3 is 24.7 Å². The molecule has 2 heterocycles. The van der Waals surface area contributed by atoms with Crippen LogP contribution in [0.5, 0.6) is 0 Å². The van der Waals surface area contributed by atoms with E-state index in [1.54, 1.807) is 6.26 Å². The van der Waals surface area contributed by atoms with E-state index in [0.717, 1.165) is 37.8 Å². The van der Waals surface area contributed by atoms with Crippen LogP contribution in [-0.4, -0.2) is 56.2 Å². The number of nitrogens with zero attached hydrogens (tertiary/aromatic N) is 2. The van der Waals surface area contributed by atoms with Crippen LogP contribution in [-0.2, 0) is 11.3 Å². The van der Waals surface area contributed by atoms with Crippen LogP contribution in [0.4, 0.5) is 0 Å². The molecule has 27 heavy (non-hydrogen) atoms. The van der Waals surface area contributed by atoms with Gasteiger partial charge in [-0.1, -0.05) is 0 Å². The average molecular weight is 492 g/mol. The number of hydrogen-bond acceptors (Lipinski definition) is 4. The second-order valence-corrected chi connectivity index (χ2v) is 7.23. The molecule has 7 heteroatoms. The van der Waals surface area contributed by atoms with E-state index in [0.29, 0.717) is 25.2 Å². The highest BCUT2D eigenvalue weighted by molar-refractivity contribution is 14.0. The van der Waals surface area contributed by atoms with Gasteiger partial charge in [0.2, 0.25) is 0 Å². The number of ether oxygens (including phenoxy) is 1. The topological polar surface area (TPSA) is 62.0 Å². The minimum atomic E-state index is 0. The zero-order valence-corrected chi connectivity index (χ0v) is 19.4. The fraction of sp³-hybridized carbons (Fsp3) is 0.750. The van der Waals surface area contributed by atoms with E-state index in [1.165, 1.54) is 25.9 Å². The highest BCUT2D eigenvalue weighted by Gasteiger charge is 2.21. The number of rotatable bonds is 10. The Morgan fingerprint density at radius 1 is 1.41 bits per heavy atom. The van der Waals surface area contributed by atoms with E-state index >= 15 is 0 Å². The Labute approximate surface area is 181 Å². The summed E-state index contributed by atoms with van der Waals surface area (Å²) in [6, 6.07) is 4.45. The molecule has 2 rings (SSSR count). The summed E-state index contributed by atoms with van der Waals surface area (Å²) in [5.74, 6) is 2.45. The minimum absolute atomic E-state index is 0. The third kappa shape index (κ3) is 9.80. The third-order valence-corrected chi connectivity index (χ3v) is 4.71. The van der Waals surface area contributed by atoms with Crippen molar-refractivity contribution in [2.24, 2.45) is 10.9 Å². The summed E-state index contributed by atoms with van der Waals surface area (Å²) in [7, 11) is 0. The molecule has 2 N–H and O–H groups in total. The van der Waals surface area contributed by atoms with Gasteiger partial charge in [0.25, 0.3) is 0 Å². The highest BCUT2D eigenvalue weighted by atomic mass is 127. The van der Waals surface area contributed by atoms with Gasteiger partial charge in [-0.25, -0.2) is 0 Å². The van der Waals surface area contributed by atoms with E-state index in [2.05, 4.69) is 36.3 Å². The third-order valence-electron chi connectivity index (χ3n) is 4.71. The lowest BCUT2D eigenvalue weighted by Crippen LogP contribution is -2.42. The molecule has 0 aromatic carbocycles. The molecule has 0 radical (unpaired) electrons. The molecule has 1 aromatic rings. The molecule has 0 amide bonds. The molecule has 1 atom stereocenters. The van der Waals surface area contributed by atoms with Crippen LogP contribution >= 0.6 is 24.0 Å². The maximum atomic E-state index is 5.61. The second kappa shape index (κ2) is 14.2. The quantitative estimate of drug-likeness (QED) is 0.227. The monoisotopic (exact) mass is 492 g/mol. The van der Waals surface area contributed by atoms with E-state index in [-0.39, 0.29) is 24.0 Å². The Morgan fingerprint density at radius 3 is 2.96 bits per heavy atom. The number of halogens is 1. The van der Waals surface area contributed by atoms with Gasteiger partial charge in [-0.05, 0) is 64.6 Å². The number of piperidine rings is 1. The highest BCUT2D eigenvalue weighted by Crippen LogP contribution is 2.18. The Kier molecular flexibility index (Phi) is 12.8. The molecule has 0 spiro atoms. The van der Waals surface area contributed by atoms with Crippen LogP contribution in [0, 0.1) is 5.92 Å². The van der Waals surface area contributed by atoms with Gasteiger partial charge in [0.15, 0.2) is 5.96 Å². The molecule has 6 nitrogen and oxygen atoms in total. The van der Waals surface area contributed by atoms with Crippen molar-refractivity contribution in [3.05, 3.63) is 24.2 Å². The predicted octanol–water partition coefficient (Wildman–Crippen LogP) is 3.48. The van der Waals surface area contributed by atoms with Gasteiger partial charge in [0.1, 0.15) is 12.4 Å². The van der Waals surface area contributed by atoms with Crippen molar-refractivity contribution in [2.45, 2.75) is 52.7 Å². The fourth-order valence-electron chi connectivity index (χ4n) is 3.23. The molecule has 1 fully saturated rings. The minimum Gasteiger partial charge on any atom is -0.467 e. The lowest BCUT2D eigenvalue weighted by Gasteiger charge is -2.34. The molecular formula is C20H37IN4O2. The van der Waals surface area contributed by atoms with Gasteiger partial charge >= 0.3 is 0 Å². The van der Waals surface area contributed by atoms with Crippen molar-refractivity contribution >= 4 is 29.9 Å². The molecule has 0 saturated carbocycles. The lowest BCUT2D eigenvalue weighted by atomic mass is 9.97. The first kappa shape index (κ1) is 24.2. The van der Waals surface area contributed by atoms with Crippen molar-refractivity contribution in [2.75, 3.05) is 39.3 Å². The SMILES string of the molecule is CCNC(=NCC1CCCN(C(C)C)C1)NCCCOCc1ccco1.I. The molecule has 1 unspecified atom stereocenters. The van der Waals surface area contributed by atoms with Gasteiger partial charge in [-0.15, -0.1) is 24.0 Å². The molecule has 1 saturated heterocycles. The van der Waals surface area contributed by atoms with Crippen molar-refractivity contribution in [3.8, 4) is 0 Å². The maximum absolute atomic E-state index is 5.61. The first-order valence-electron chi connectivity index (χ1n) is 10.1. The predicted molar refractivity (Wildman–Crippen MR) is 122 cm³/mol. The standard InChI is InChI=1S/C20H36N4O2.HI/c1-4-21-20(22-10-7-12-25-16-19-9-6-13-26-19)23-14-18-8-5-11-24(15-18)17(2)3;/h6,9,13,17-18H,4-5,7-8,10-12,14-16H2,1-3H3,(H2,21,22,23);1H. The number of aliphatic imine (C=N–C) groups is 1. The number of nitrogens with one attached hydrogen (secondary N) is 2. The Balaban J connectivity index is 0.00000364. The first-order chi connectivity index (χ1) is 12.7. The number of hydrogen-bond donors (Lipinski definition) is 2. The van der Waals surface area contributed by atoms with Crippen molar-refractivity contribution in [3.63, 3.8) is 0 Å². The van der Waals surface area contributed by atoms with E-state index in [4.69, 9.17) is 14.1 Å². The summed E-state index contributed by atoms with van der Waals surface area (Å²) in [5, 5.41) is 6.75. The molecule has 0 aliphatic carbocycles. The molecular weight excluding hydrogens is 455 g/mol. The second-order valence-electron chi connectivity index (χ2n) is 7.23. The number of likely N-dealkylation sites (tertiary alicyclic amines) is 1. The van der Waals surface area contributed by atoms with Crippen molar-refractivity contribution in [1.82, 2.24) is 15.5 Å². The Bertz CT molecular complexity index is 508. The average Bonchev–Trinajstić information content (AvgIpc) is 3.16. The van der Waals surface area contributed by atoms with Gasteiger partial charge in [0.05, 0.1) is 6.26 Å². The molecule has 1 aliphatic rings. The van der Waals surface area contributed by atoms with Crippen molar-refractivity contribution in [1.29, 1.82) is 0 Å². The van der Waals surface area contributed by atoms with Crippen LogP contribution < -0.4 is 10.6 Å². The van der Waals surface area contributed by atoms with E-state index < -0.39 is 0 Å². The molecule has 0 bridgehead atoms. The number of guanidine groups is 1. The van der Waals surface area contributed by atoms with E-state index in [9.17, 15) is 0 Å². The normalized spacial score (nSPS) is 18.4. The van der Waals surface area contributed by atoms with Crippen LogP contribution in [0.1, 0.15) is 45.8 Å². The van der Waals surface area contributed by atoms with Crippen molar-refractivity contribution < 1.29 is 9.15 Å². The first-order valence-corrected chi connectivity index (χ1v) is 10.1. The van der Waals surface area contributed by atoms with Gasteiger partial charge in [-0.3, -0.25) is 4.99 Å². The molecule has 156 valence electrons. The summed E-state index contributed by atoms with van der Waals surface area (Å²) < 4.78 is 10.9. The zero-order valence-electron chi connectivity index (χ0n) is 17.1.